The number of likely N-dealkylation sites (tertiary alicyclic amines) is 1. The van der Waals surface area contributed by atoms with Crippen molar-refractivity contribution in [1.82, 2.24) is 10.2 Å². The van der Waals surface area contributed by atoms with Crippen LogP contribution in [0.4, 0.5) is 14.5 Å². The van der Waals surface area contributed by atoms with Gasteiger partial charge >= 0.3 is 0 Å². The first kappa shape index (κ1) is 19.8. The van der Waals surface area contributed by atoms with Crippen molar-refractivity contribution in [3.63, 3.8) is 0 Å². The van der Waals surface area contributed by atoms with E-state index in [0.717, 1.165) is 17.2 Å². The normalized spacial score (nSPS) is 19.1. The molecule has 0 aromatic heterocycles. The summed E-state index contributed by atoms with van der Waals surface area (Å²) in [5, 5.41) is 2.20. The topological polar surface area (TPSA) is 95.6 Å². The minimum atomic E-state index is -3.66. The van der Waals surface area contributed by atoms with Crippen molar-refractivity contribution < 1.29 is 26.8 Å². The van der Waals surface area contributed by atoms with Crippen molar-refractivity contribution in [3.8, 4) is 0 Å². The summed E-state index contributed by atoms with van der Waals surface area (Å²) in [6.45, 7) is 3.73. The quantitative estimate of drug-likeness (QED) is 0.741. The molecule has 2 rings (SSSR count). The Bertz CT molecular complexity index is 855. The Kier molecular flexibility index (Phi) is 5.36. The van der Waals surface area contributed by atoms with Gasteiger partial charge in [0.1, 0.15) is 6.04 Å². The van der Waals surface area contributed by atoms with Gasteiger partial charge in [-0.25, -0.2) is 17.2 Å². The summed E-state index contributed by atoms with van der Waals surface area (Å²) < 4.78 is 53.3. The van der Waals surface area contributed by atoms with Crippen LogP contribution in [0.1, 0.15) is 15.9 Å². The van der Waals surface area contributed by atoms with Crippen LogP contribution in [0.25, 0.3) is 0 Å². The van der Waals surface area contributed by atoms with Crippen molar-refractivity contribution in [2.75, 3.05) is 24.1 Å². The van der Waals surface area contributed by atoms with Gasteiger partial charge in [0, 0.05) is 6.54 Å². The fourth-order valence-electron chi connectivity index (χ4n) is 2.60. The van der Waals surface area contributed by atoms with Crippen LogP contribution in [0.5, 0.6) is 0 Å². The highest BCUT2D eigenvalue weighted by atomic mass is 32.2. The number of rotatable bonds is 5. The Hall–Kier alpha value is -2.49. The van der Waals surface area contributed by atoms with Crippen LogP contribution < -0.4 is 10.0 Å². The Balaban J connectivity index is 2.26. The number of alkyl halides is 2. The SMILES string of the molecule is C=CC(=O)N1CC(NC(=O)c2cc(C)ccc2NS(C)(=O)=O)C(F)(F)C1. The maximum Gasteiger partial charge on any atom is 0.286 e. The predicted octanol–water partition coefficient (Wildman–Crippen LogP) is 1.13. The van der Waals surface area contributed by atoms with Crippen molar-refractivity contribution >= 4 is 27.5 Å². The fourth-order valence-corrected chi connectivity index (χ4v) is 3.18. The second kappa shape index (κ2) is 7.02. The number of aryl methyl sites for hydroxylation is 1. The molecular weight excluding hydrogens is 368 g/mol. The van der Waals surface area contributed by atoms with Crippen LogP contribution in [-0.2, 0) is 14.8 Å². The van der Waals surface area contributed by atoms with Crippen molar-refractivity contribution in [1.29, 1.82) is 0 Å². The predicted molar refractivity (Wildman–Crippen MR) is 92.6 cm³/mol. The number of anilines is 1. The zero-order valence-electron chi connectivity index (χ0n) is 14.3. The van der Waals surface area contributed by atoms with Gasteiger partial charge in [0.25, 0.3) is 11.8 Å². The van der Waals surface area contributed by atoms with E-state index >= 15 is 0 Å². The molecule has 7 nitrogen and oxygen atoms in total. The van der Waals surface area contributed by atoms with Gasteiger partial charge in [-0.05, 0) is 25.1 Å². The Labute approximate surface area is 150 Å². The maximum atomic E-state index is 14.1. The molecule has 0 radical (unpaired) electrons. The number of hydrogen-bond acceptors (Lipinski definition) is 4. The molecule has 1 aliphatic heterocycles. The van der Waals surface area contributed by atoms with E-state index in [9.17, 15) is 26.8 Å². The lowest BCUT2D eigenvalue weighted by molar-refractivity contribution is -0.126. The largest absolute Gasteiger partial charge is 0.341 e. The molecule has 0 saturated carbocycles. The van der Waals surface area contributed by atoms with Crippen molar-refractivity contribution in [2.24, 2.45) is 0 Å². The average Bonchev–Trinajstić information content (AvgIpc) is 2.81. The third kappa shape index (κ3) is 4.57. The molecular formula is C16H19F2N3O4S. The summed E-state index contributed by atoms with van der Waals surface area (Å²) in [5.74, 6) is -4.84. The molecule has 2 amide bonds. The molecule has 0 spiro atoms. The van der Waals surface area contributed by atoms with E-state index in [1.807, 2.05) is 0 Å². The van der Waals surface area contributed by atoms with E-state index in [4.69, 9.17) is 0 Å². The monoisotopic (exact) mass is 387 g/mol. The van der Waals surface area contributed by atoms with Gasteiger partial charge in [-0.3, -0.25) is 14.3 Å². The van der Waals surface area contributed by atoms with Gasteiger partial charge in [-0.1, -0.05) is 18.2 Å². The number of benzene rings is 1. The molecule has 1 aliphatic rings. The highest BCUT2D eigenvalue weighted by Gasteiger charge is 2.50. The lowest BCUT2D eigenvalue weighted by atomic mass is 10.1. The number of carbonyl (C=O) groups excluding carboxylic acids is 2. The number of sulfonamides is 1. The summed E-state index contributed by atoms with van der Waals surface area (Å²) in [7, 11) is -3.66. The van der Waals surface area contributed by atoms with E-state index in [0.29, 0.717) is 5.56 Å². The highest BCUT2D eigenvalue weighted by Crippen LogP contribution is 2.28. The minimum absolute atomic E-state index is 0.0177. The zero-order valence-corrected chi connectivity index (χ0v) is 15.1. The van der Waals surface area contributed by atoms with Gasteiger partial charge in [0.2, 0.25) is 15.9 Å². The van der Waals surface area contributed by atoms with Crippen LogP contribution in [-0.4, -0.2) is 56.4 Å². The molecule has 1 aromatic carbocycles. The zero-order chi connectivity index (χ0) is 19.7. The molecule has 1 aromatic rings. The standard InChI is InChI=1S/C16H19F2N3O4S/c1-4-14(22)21-8-13(16(17,18)9-21)19-15(23)11-7-10(2)5-6-12(11)20-26(3,24)25/h4-7,13,20H,1,8-9H2,2-3H3,(H,19,23). The summed E-state index contributed by atoms with van der Waals surface area (Å²) in [4.78, 5) is 24.9. The molecule has 10 heteroatoms. The van der Waals surface area contributed by atoms with Gasteiger partial charge < -0.3 is 10.2 Å². The van der Waals surface area contributed by atoms with E-state index < -0.39 is 40.3 Å². The molecule has 2 N–H and O–H groups in total. The molecule has 26 heavy (non-hydrogen) atoms. The van der Waals surface area contributed by atoms with Gasteiger partial charge in [0.05, 0.1) is 24.1 Å². The molecule has 1 atom stereocenters. The maximum absolute atomic E-state index is 14.1. The third-order valence-corrected chi connectivity index (χ3v) is 4.41. The number of nitrogens with one attached hydrogen (secondary N) is 2. The van der Waals surface area contributed by atoms with E-state index in [1.165, 1.54) is 12.1 Å². The number of halogens is 2. The fraction of sp³-hybridized carbons (Fsp3) is 0.375. The Morgan fingerprint density at radius 2 is 2.04 bits per heavy atom. The number of carbonyl (C=O) groups is 2. The first-order valence-corrected chi connectivity index (χ1v) is 9.50. The molecule has 0 aliphatic carbocycles. The Morgan fingerprint density at radius 1 is 1.38 bits per heavy atom. The second-order valence-corrected chi connectivity index (χ2v) is 7.88. The van der Waals surface area contributed by atoms with Crippen LogP contribution in [0.3, 0.4) is 0 Å². The van der Waals surface area contributed by atoms with E-state index in [2.05, 4.69) is 16.6 Å². The molecule has 1 unspecified atom stereocenters. The lowest BCUT2D eigenvalue weighted by Crippen LogP contribution is -2.46. The van der Waals surface area contributed by atoms with Crippen LogP contribution in [0.2, 0.25) is 0 Å². The number of amides is 2. The van der Waals surface area contributed by atoms with Gasteiger partial charge in [-0.15, -0.1) is 0 Å². The molecule has 0 bridgehead atoms. The number of nitrogens with zero attached hydrogens (tertiary/aromatic N) is 1. The molecule has 1 saturated heterocycles. The summed E-state index contributed by atoms with van der Waals surface area (Å²) in [5.41, 5.74) is 0.548. The Morgan fingerprint density at radius 3 is 2.62 bits per heavy atom. The highest BCUT2D eigenvalue weighted by molar-refractivity contribution is 7.92. The van der Waals surface area contributed by atoms with Crippen molar-refractivity contribution in [3.05, 3.63) is 42.0 Å². The first-order chi connectivity index (χ1) is 11.9. The van der Waals surface area contributed by atoms with Gasteiger partial charge in [0.15, 0.2) is 0 Å². The second-order valence-electron chi connectivity index (χ2n) is 6.13. The first-order valence-electron chi connectivity index (χ1n) is 7.61. The van der Waals surface area contributed by atoms with E-state index in [-0.39, 0.29) is 17.8 Å². The van der Waals surface area contributed by atoms with Crippen LogP contribution >= 0.6 is 0 Å². The van der Waals surface area contributed by atoms with Crippen LogP contribution in [0, 0.1) is 6.92 Å². The van der Waals surface area contributed by atoms with Gasteiger partial charge in [-0.2, -0.15) is 0 Å². The lowest BCUT2D eigenvalue weighted by Gasteiger charge is -2.20. The summed E-state index contributed by atoms with van der Waals surface area (Å²) >= 11 is 0. The minimum Gasteiger partial charge on any atom is -0.341 e. The van der Waals surface area contributed by atoms with Crippen molar-refractivity contribution in [2.45, 2.75) is 18.9 Å². The smallest absolute Gasteiger partial charge is 0.286 e. The van der Waals surface area contributed by atoms with Crippen LogP contribution in [0.15, 0.2) is 30.9 Å². The van der Waals surface area contributed by atoms with E-state index in [1.54, 1.807) is 13.0 Å². The summed E-state index contributed by atoms with van der Waals surface area (Å²) in [6.07, 6.45) is 1.84. The molecule has 1 fully saturated rings. The average molecular weight is 387 g/mol. The summed E-state index contributed by atoms with van der Waals surface area (Å²) in [6, 6.07) is 2.76. The third-order valence-electron chi connectivity index (χ3n) is 3.82. The molecule has 142 valence electrons. The molecule has 1 heterocycles. The number of hydrogen-bond donors (Lipinski definition) is 2.